The smallest absolute Gasteiger partial charge is 0.414 e. The molecule has 2 aromatic rings. The van der Waals surface area contributed by atoms with Crippen molar-refractivity contribution in [1.29, 1.82) is 0 Å². The highest BCUT2D eigenvalue weighted by Crippen LogP contribution is 2.29. The molecule has 2 saturated heterocycles. The summed E-state index contributed by atoms with van der Waals surface area (Å²) in [6, 6.07) is 12.1. The zero-order valence-corrected chi connectivity index (χ0v) is 16.7. The number of ether oxygens (including phenoxy) is 1. The van der Waals surface area contributed by atoms with Gasteiger partial charge in [0, 0.05) is 42.3 Å². The molecule has 0 N–H and O–H groups in total. The van der Waals surface area contributed by atoms with Crippen molar-refractivity contribution < 1.29 is 18.7 Å². The maximum atomic E-state index is 14.9. The van der Waals surface area contributed by atoms with Crippen LogP contribution in [0.25, 0.3) is 10.4 Å². The van der Waals surface area contributed by atoms with Gasteiger partial charge in [-0.15, -0.1) is 0 Å². The standard InChI is InChI=1S/C21H21FN6O3/c22-19-11-17(28-13-18(12-24-25-23)31-21(28)30)5-6-20(19)27-9-7-26(8-10-27)16-3-1-15(14-29)2-4-16/h1-6,11,14,18H,7-10,12-13H2/t18-/m0/s1. The van der Waals surface area contributed by atoms with Gasteiger partial charge in [0.25, 0.3) is 0 Å². The molecule has 2 aromatic carbocycles. The number of rotatable bonds is 6. The fourth-order valence-corrected chi connectivity index (χ4v) is 3.84. The summed E-state index contributed by atoms with van der Waals surface area (Å²) in [5.41, 5.74) is 11.0. The molecule has 2 fully saturated rings. The molecular formula is C21H21FN6O3. The zero-order chi connectivity index (χ0) is 21.8. The van der Waals surface area contributed by atoms with Gasteiger partial charge in [0.1, 0.15) is 18.2 Å². The number of piperazine rings is 1. The highest BCUT2D eigenvalue weighted by molar-refractivity contribution is 5.90. The van der Waals surface area contributed by atoms with E-state index in [9.17, 15) is 14.0 Å². The van der Waals surface area contributed by atoms with Gasteiger partial charge in [-0.1, -0.05) is 5.11 Å². The van der Waals surface area contributed by atoms with E-state index in [2.05, 4.69) is 14.9 Å². The van der Waals surface area contributed by atoms with Gasteiger partial charge in [-0.3, -0.25) is 9.69 Å². The van der Waals surface area contributed by atoms with Gasteiger partial charge in [0.05, 0.1) is 24.5 Å². The SMILES string of the molecule is [N-]=[N+]=NC[C@H]1CN(c2ccc(N3CCN(c4ccc(C=O)cc4)CC3)c(F)c2)C(=O)O1. The predicted octanol–water partition coefficient (Wildman–Crippen LogP) is 3.60. The van der Waals surface area contributed by atoms with Crippen LogP contribution in [0.5, 0.6) is 0 Å². The van der Waals surface area contributed by atoms with Crippen molar-refractivity contribution in [2.45, 2.75) is 6.10 Å². The van der Waals surface area contributed by atoms with Crippen molar-refractivity contribution in [2.24, 2.45) is 5.11 Å². The minimum atomic E-state index is -0.584. The van der Waals surface area contributed by atoms with E-state index in [1.54, 1.807) is 24.3 Å². The van der Waals surface area contributed by atoms with Crippen LogP contribution in [0.3, 0.4) is 0 Å². The third-order valence-corrected chi connectivity index (χ3v) is 5.48. The minimum absolute atomic E-state index is 0.0431. The highest BCUT2D eigenvalue weighted by Gasteiger charge is 2.32. The van der Waals surface area contributed by atoms with Crippen LogP contribution in [0.15, 0.2) is 47.6 Å². The molecule has 0 aliphatic carbocycles. The number of halogens is 1. The summed E-state index contributed by atoms with van der Waals surface area (Å²) in [6.07, 6.45) is -0.310. The summed E-state index contributed by atoms with van der Waals surface area (Å²) < 4.78 is 20.0. The molecule has 160 valence electrons. The van der Waals surface area contributed by atoms with Gasteiger partial charge in [-0.2, -0.15) is 0 Å². The third kappa shape index (κ3) is 4.39. The van der Waals surface area contributed by atoms with Crippen molar-refractivity contribution in [1.82, 2.24) is 0 Å². The molecule has 0 spiro atoms. The number of hydrogen-bond donors (Lipinski definition) is 0. The summed E-state index contributed by atoms with van der Waals surface area (Å²) in [6.45, 7) is 2.99. The lowest BCUT2D eigenvalue weighted by atomic mass is 10.1. The van der Waals surface area contributed by atoms with Gasteiger partial charge in [-0.25, -0.2) is 9.18 Å². The van der Waals surface area contributed by atoms with Gasteiger partial charge in [0.15, 0.2) is 0 Å². The first-order valence-corrected chi connectivity index (χ1v) is 9.93. The molecule has 9 nitrogen and oxygen atoms in total. The van der Waals surface area contributed by atoms with Crippen LogP contribution in [-0.2, 0) is 4.74 Å². The number of anilines is 3. The van der Waals surface area contributed by atoms with Crippen LogP contribution in [0.4, 0.5) is 26.2 Å². The van der Waals surface area contributed by atoms with E-state index in [0.29, 0.717) is 30.0 Å². The Labute approximate surface area is 178 Å². The number of cyclic esters (lactones) is 1. The Kier molecular flexibility index (Phi) is 5.90. The molecule has 2 heterocycles. The lowest BCUT2D eigenvalue weighted by Crippen LogP contribution is -2.46. The number of azide groups is 1. The van der Waals surface area contributed by atoms with E-state index in [1.165, 1.54) is 11.0 Å². The summed E-state index contributed by atoms with van der Waals surface area (Å²) in [5.74, 6) is -0.410. The third-order valence-electron chi connectivity index (χ3n) is 5.48. The Morgan fingerprint density at radius 2 is 1.77 bits per heavy atom. The molecule has 10 heteroatoms. The van der Waals surface area contributed by atoms with E-state index in [1.807, 2.05) is 17.0 Å². The normalized spacial score (nSPS) is 18.5. The first-order valence-electron chi connectivity index (χ1n) is 9.93. The van der Waals surface area contributed by atoms with Crippen LogP contribution in [0.1, 0.15) is 10.4 Å². The van der Waals surface area contributed by atoms with Crippen LogP contribution in [0, 0.1) is 5.82 Å². The van der Waals surface area contributed by atoms with Crippen molar-refractivity contribution in [2.75, 3.05) is 54.0 Å². The molecule has 2 aliphatic rings. The fraction of sp³-hybridized carbons (Fsp3) is 0.333. The maximum Gasteiger partial charge on any atom is 0.414 e. The van der Waals surface area contributed by atoms with E-state index in [4.69, 9.17) is 10.3 Å². The quantitative estimate of drug-likeness (QED) is 0.305. The molecule has 0 saturated carbocycles. The first kappa shape index (κ1) is 20.5. The molecular weight excluding hydrogens is 403 g/mol. The van der Waals surface area contributed by atoms with Crippen LogP contribution < -0.4 is 14.7 Å². The monoisotopic (exact) mass is 424 g/mol. The molecule has 4 rings (SSSR count). The Balaban J connectivity index is 1.40. The Morgan fingerprint density at radius 3 is 2.42 bits per heavy atom. The number of carbonyl (C=O) groups excluding carboxylic acids is 2. The second kappa shape index (κ2) is 8.93. The number of benzene rings is 2. The van der Waals surface area contributed by atoms with Crippen molar-refractivity contribution >= 4 is 29.4 Å². The van der Waals surface area contributed by atoms with Gasteiger partial charge < -0.3 is 14.5 Å². The van der Waals surface area contributed by atoms with Gasteiger partial charge >= 0.3 is 6.09 Å². The van der Waals surface area contributed by atoms with E-state index >= 15 is 0 Å². The number of hydrogen-bond acceptors (Lipinski definition) is 6. The highest BCUT2D eigenvalue weighted by atomic mass is 19.1. The first-order chi connectivity index (χ1) is 15.1. The molecule has 1 amide bonds. The largest absolute Gasteiger partial charge is 0.444 e. The Hall–Kier alpha value is -3.78. The molecule has 0 aromatic heterocycles. The summed E-state index contributed by atoms with van der Waals surface area (Å²) in [7, 11) is 0. The number of carbonyl (C=O) groups is 2. The predicted molar refractivity (Wildman–Crippen MR) is 114 cm³/mol. The van der Waals surface area contributed by atoms with E-state index in [-0.39, 0.29) is 13.1 Å². The maximum absolute atomic E-state index is 14.9. The summed E-state index contributed by atoms with van der Waals surface area (Å²) in [5, 5.41) is 3.42. The van der Waals surface area contributed by atoms with E-state index in [0.717, 1.165) is 25.1 Å². The summed E-state index contributed by atoms with van der Waals surface area (Å²) >= 11 is 0. The molecule has 2 aliphatic heterocycles. The molecule has 0 unspecified atom stereocenters. The zero-order valence-electron chi connectivity index (χ0n) is 16.7. The van der Waals surface area contributed by atoms with Gasteiger partial charge in [-0.05, 0) is 48.0 Å². The fourth-order valence-electron chi connectivity index (χ4n) is 3.84. The lowest BCUT2D eigenvalue weighted by Gasteiger charge is -2.37. The van der Waals surface area contributed by atoms with Crippen molar-refractivity contribution in [3.8, 4) is 0 Å². The Bertz CT molecular complexity index is 1020. The Morgan fingerprint density at radius 1 is 1.10 bits per heavy atom. The number of nitrogens with zero attached hydrogens (tertiary/aromatic N) is 6. The average Bonchev–Trinajstić information content (AvgIpc) is 3.18. The molecule has 0 radical (unpaired) electrons. The second-order valence-corrected chi connectivity index (χ2v) is 7.35. The number of amides is 1. The molecule has 1 atom stereocenters. The van der Waals surface area contributed by atoms with Crippen LogP contribution in [-0.4, -0.2) is 57.8 Å². The topological polar surface area (TPSA) is 102 Å². The lowest BCUT2D eigenvalue weighted by molar-refractivity contribution is 0.112. The van der Waals surface area contributed by atoms with Gasteiger partial charge in [0.2, 0.25) is 0 Å². The molecule has 31 heavy (non-hydrogen) atoms. The van der Waals surface area contributed by atoms with E-state index < -0.39 is 18.0 Å². The second-order valence-electron chi connectivity index (χ2n) is 7.35. The minimum Gasteiger partial charge on any atom is -0.444 e. The van der Waals surface area contributed by atoms with Crippen LogP contribution >= 0.6 is 0 Å². The number of aldehydes is 1. The molecule has 0 bridgehead atoms. The van der Waals surface area contributed by atoms with Crippen molar-refractivity contribution in [3.63, 3.8) is 0 Å². The van der Waals surface area contributed by atoms with Crippen LogP contribution in [0.2, 0.25) is 0 Å². The summed E-state index contributed by atoms with van der Waals surface area (Å²) in [4.78, 5) is 31.0. The average molecular weight is 424 g/mol. The van der Waals surface area contributed by atoms with Crippen molar-refractivity contribution in [3.05, 3.63) is 64.3 Å².